The summed E-state index contributed by atoms with van der Waals surface area (Å²) < 4.78 is 7.98. The zero-order chi connectivity index (χ0) is 25.8. The molecule has 3 aromatic carbocycles. The molecule has 0 bridgehead atoms. The number of hydrogen-bond acceptors (Lipinski definition) is 6. The lowest BCUT2D eigenvalue weighted by Crippen LogP contribution is -2.46. The molecule has 0 saturated carbocycles. The minimum Gasteiger partial charge on any atom is -0.467 e. The number of amidine groups is 2. The Kier molecular flexibility index (Phi) is 5.04. The quantitative estimate of drug-likeness (QED) is 0.286. The van der Waals surface area contributed by atoms with Crippen LogP contribution in [-0.4, -0.2) is 21.5 Å². The van der Waals surface area contributed by atoms with Gasteiger partial charge in [-0.05, 0) is 69.3 Å². The highest BCUT2D eigenvalue weighted by Gasteiger charge is 2.42. The van der Waals surface area contributed by atoms with Crippen LogP contribution in [0.1, 0.15) is 34.2 Å². The van der Waals surface area contributed by atoms with E-state index in [0.29, 0.717) is 11.7 Å². The van der Waals surface area contributed by atoms with Crippen molar-refractivity contribution in [1.82, 2.24) is 9.78 Å². The van der Waals surface area contributed by atoms with Crippen molar-refractivity contribution in [3.05, 3.63) is 119 Å². The number of hydrogen-bond donors (Lipinski definition) is 1. The lowest BCUT2D eigenvalue weighted by atomic mass is 9.98. The Hall–Kier alpha value is -4.91. The standard InChI is InChI=1S/C31H26N6O/c1-19-10-14-22(15-11-19)32-29-31-34-30-27(21(3)35-37(30)23-16-12-20(2)13-17-23)28(26-9-6-18-38-26)36(31)25-8-5-4-7-24(25)33-29/h4-18,28H,1-3H3,(H,32,33)/t28-/m1/s1. The van der Waals surface area contributed by atoms with Gasteiger partial charge in [-0.15, -0.1) is 0 Å². The second-order valence-corrected chi connectivity index (χ2v) is 9.73. The molecule has 0 amide bonds. The fraction of sp³-hybridized carbons (Fsp3) is 0.129. The van der Waals surface area contributed by atoms with Gasteiger partial charge in [0.05, 0.1) is 34.6 Å². The largest absolute Gasteiger partial charge is 0.467 e. The van der Waals surface area contributed by atoms with Crippen molar-refractivity contribution >= 4 is 34.6 Å². The van der Waals surface area contributed by atoms with E-state index in [0.717, 1.165) is 45.6 Å². The summed E-state index contributed by atoms with van der Waals surface area (Å²) in [5.41, 5.74) is 8.03. The average Bonchev–Trinajstić information content (AvgIpc) is 3.58. The highest BCUT2D eigenvalue weighted by Crippen LogP contribution is 2.48. The molecule has 1 N–H and O–H groups in total. The number of furan rings is 1. The van der Waals surface area contributed by atoms with Crippen molar-refractivity contribution in [2.24, 2.45) is 9.98 Å². The molecular formula is C31H26N6O. The fourth-order valence-electron chi connectivity index (χ4n) is 5.15. The van der Waals surface area contributed by atoms with E-state index in [1.165, 1.54) is 11.1 Å². The second kappa shape index (κ2) is 8.59. The summed E-state index contributed by atoms with van der Waals surface area (Å²) in [6.07, 6.45) is 1.72. The number of nitrogens with one attached hydrogen (secondary N) is 1. The van der Waals surface area contributed by atoms with Crippen molar-refractivity contribution in [3.8, 4) is 5.69 Å². The van der Waals surface area contributed by atoms with E-state index in [1.807, 2.05) is 41.9 Å². The van der Waals surface area contributed by atoms with Gasteiger partial charge in [-0.2, -0.15) is 5.10 Å². The number of aromatic nitrogens is 2. The molecule has 0 spiro atoms. The molecule has 38 heavy (non-hydrogen) atoms. The first kappa shape index (κ1) is 22.3. The zero-order valence-electron chi connectivity index (χ0n) is 21.4. The first-order chi connectivity index (χ1) is 18.6. The SMILES string of the molecule is Cc1ccc(NC2=Nc3ccccc3N3C2=Nc2c(c(C)nn2-c2ccc(C)cc2)[C@H]3c2ccco2)cc1. The highest BCUT2D eigenvalue weighted by molar-refractivity contribution is 6.51. The van der Waals surface area contributed by atoms with Gasteiger partial charge in [-0.1, -0.05) is 47.5 Å². The molecule has 1 atom stereocenters. The maximum atomic E-state index is 6.05. The first-order valence-corrected chi connectivity index (χ1v) is 12.7. The van der Waals surface area contributed by atoms with Crippen LogP contribution in [0.25, 0.3) is 5.69 Å². The van der Waals surface area contributed by atoms with Gasteiger partial charge < -0.3 is 14.6 Å². The number of benzene rings is 3. The van der Waals surface area contributed by atoms with E-state index in [1.54, 1.807) is 6.26 Å². The van der Waals surface area contributed by atoms with Crippen LogP contribution in [0.15, 0.2) is 106 Å². The zero-order valence-corrected chi connectivity index (χ0v) is 21.4. The number of para-hydroxylation sites is 2. The van der Waals surface area contributed by atoms with Gasteiger partial charge in [0.25, 0.3) is 0 Å². The van der Waals surface area contributed by atoms with Gasteiger partial charge in [0, 0.05) is 5.69 Å². The maximum absolute atomic E-state index is 6.05. The minimum atomic E-state index is -0.266. The third-order valence-corrected chi connectivity index (χ3v) is 7.04. The lowest BCUT2D eigenvalue weighted by molar-refractivity contribution is 0.487. The first-order valence-electron chi connectivity index (χ1n) is 12.7. The van der Waals surface area contributed by atoms with Gasteiger partial charge in [0.1, 0.15) is 11.8 Å². The van der Waals surface area contributed by atoms with Gasteiger partial charge >= 0.3 is 0 Å². The van der Waals surface area contributed by atoms with Crippen LogP contribution in [0, 0.1) is 20.8 Å². The third kappa shape index (κ3) is 3.55. The summed E-state index contributed by atoms with van der Waals surface area (Å²) in [5, 5.41) is 8.50. The Labute approximate surface area is 220 Å². The van der Waals surface area contributed by atoms with Crippen LogP contribution < -0.4 is 10.2 Å². The Morgan fingerprint density at radius 3 is 2.26 bits per heavy atom. The topological polar surface area (TPSA) is 71.0 Å². The summed E-state index contributed by atoms with van der Waals surface area (Å²) >= 11 is 0. The summed E-state index contributed by atoms with van der Waals surface area (Å²) in [6.45, 7) is 6.20. The van der Waals surface area contributed by atoms with Gasteiger partial charge in [-0.3, -0.25) is 0 Å². The van der Waals surface area contributed by atoms with Crippen molar-refractivity contribution in [3.63, 3.8) is 0 Å². The van der Waals surface area contributed by atoms with Crippen molar-refractivity contribution < 1.29 is 4.42 Å². The van der Waals surface area contributed by atoms with Crippen LogP contribution >= 0.6 is 0 Å². The molecule has 0 fully saturated rings. The Balaban J connectivity index is 1.48. The summed E-state index contributed by atoms with van der Waals surface area (Å²) in [7, 11) is 0. The monoisotopic (exact) mass is 498 g/mol. The Bertz CT molecular complexity index is 1710. The Morgan fingerprint density at radius 2 is 1.53 bits per heavy atom. The van der Waals surface area contributed by atoms with Crippen molar-refractivity contribution in [2.45, 2.75) is 26.8 Å². The minimum absolute atomic E-state index is 0.266. The van der Waals surface area contributed by atoms with E-state index in [4.69, 9.17) is 19.5 Å². The number of rotatable bonds is 3. The molecule has 2 aromatic heterocycles. The molecule has 2 aliphatic heterocycles. The van der Waals surface area contributed by atoms with E-state index < -0.39 is 0 Å². The highest BCUT2D eigenvalue weighted by atomic mass is 16.3. The smallest absolute Gasteiger partial charge is 0.179 e. The molecular weight excluding hydrogens is 472 g/mol. The van der Waals surface area contributed by atoms with Crippen molar-refractivity contribution in [1.29, 1.82) is 0 Å². The number of aryl methyl sites for hydroxylation is 3. The number of aliphatic imine (C=N–C) groups is 2. The third-order valence-electron chi connectivity index (χ3n) is 7.04. The predicted octanol–water partition coefficient (Wildman–Crippen LogP) is 7.19. The van der Waals surface area contributed by atoms with Gasteiger partial charge in [0.15, 0.2) is 17.5 Å². The molecule has 4 heterocycles. The van der Waals surface area contributed by atoms with Crippen LogP contribution in [0.5, 0.6) is 0 Å². The number of anilines is 2. The van der Waals surface area contributed by atoms with E-state index in [9.17, 15) is 0 Å². The fourth-order valence-corrected chi connectivity index (χ4v) is 5.15. The van der Waals surface area contributed by atoms with Crippen LogP contribution in [-0.2, 0) is 0 Å². The lowest BCUT2D eigenvalue weighted by Gasteiger charge is -2.39. The second-order valence-electron chi connectivity index (χ2n) is 9.73. The molecule has 7 heteroatoms. The number of nitrogens with zero attached hydrogens (tertiary/aromatic N) is 5. The molecule has 0 saturated heterocycles. The summed E-state index contributed by atoms with van der Waals surface area (Å²) in [5.74, 6) is 2.98. The molecule has 0 unspecified atom stereocenters. The van der Waals surface area contributed by atoms with E-state index >= 15 is 0 Å². The molecule has 186 valence electrons. The van der Waals surface area contributed by atoms with E-state index in [-0.39, 0.29) is 6.04 Å². The molecule has 0 aliphatic carbocycles. The summed E-state index contributed by atoms with van der Waals surface area (Å²) in [4.78, 5) is 12.5. The normalized spacial score (nSPS) is 15.8. The molecule has 2 aliphatic rings. The van der Waals surface area contributed by atoms with E-state index in [2.05, 4.69) is 78.7 Å². The number of fused-ring (bicyclic) bond motifs is 4. The van der Waals surface area contributed by atoms with Gasteiger partial charge in [-0.25, -0.2) is 14.7 Å². The Morgan fingerprint density at radius 1 is 0.789 bits per heavy atom. The molecule has 0 radical (unpaired) electrons. The average molecular weight is 499 g/mol. The van der Waals surface area contributed by atoms with Gasteiger partial charge in [0.2, 0.25) is 0 Å². The molecule has 5 aromatic rings. The predicted molar refractivity (Wildman–Crippen MR) is 152 cm³/mol. The maximum Gasteiger partial charge on any atom is 0.179 e. The van der Waals surface area contributed by atoms with Crippen LogP contribution in [0.2, 0.25) is 0 Å². The van der Waals surface area contributed by atoms with Crippen molar-refractivity contribution in [2.75, 3.05) is 10.2 Å². The van der Waals surface area contributed by atoms with Crippen LogP contribution in [0.4, 0.5) is 22.9 Å². The summed E-state index contributed by atoms with van der Waals surface area (Å²) in [6, 6.07) is 28.4. The van der Waals surface area contributed by atoms with Crippen LogP contribution in [0.3, 0.4) is 0 Å². The molecule has 7 nitrogen and oxygen atoms in total. The molecule has 7 rings (SSSR count).